The van der Waals surface area contributed by atoms with Gasteiger partial charge in [0.05, 0.1) is 7.11 Å². The summed E-state index contributed by atoms with van der Waals surface area (Å²) < 4.78 is 32.0. The molecular weight excluding hydrogens is 294 g/mol. The highest BCUT2D eigenvalue weighted by Crippen LogP contribution is 2.19. The Bertz CT molecular complexity index is 664. The fourth-order valence-corrected chi connectivity index (χ4v) is 3.98. The van der Waals surface area contributed by atoms with Crippen LogP contribution in [0, 0.1) is 6.92 Å². The second-order valence-electron chi connectivity index (χ2n) is 4.38. The quantitative estimate of drug-likeness (QED) is 0.892. The number of hydrogen-bond acceptors (Lipinski definition) is 4. The van der Waals surface area contributed by atoms with E-state index < -0.39 is 10.0 Å². The van der Waals surface area contributed by atoms with Gasteiger partial charge in [-0.2, -0.15) is 0 Å². The molecule has 1 aromatic heterocycles. The van der Waals surface area contributed by atoms with Crippen molar-refractivity contribution in [2.24, 2.45) is 0 Å². The third-order valence-electron chi connectivity index (χ3n) is 2.92. The first-order valence-electron chi connectivity index (χ1n) is 6.19. The summed E-state index contributed by atoms with van der Waals surface area (Å²) in [6.07, 6.45) is 0.648. The molecule has 4 nitrogen and oxygen atoms in total. The van der Waals surface area contributed by atoms with Gasteiger partial charge >= 0.3 is 0 Å². The molecule has 0 bridgehead atoms. The van der Waals surface area contributed by atoms with Crippen LogP contribution in [0.25, 0.3) is 0 Å². The third-order valence-corrected chi connectivity index (χ3v) is 5.78. The lowest BCUT2D eigenvalue weighted by Gasteiger charge is -2.08. The Morgan fingerprint density at radius 2 is 2.10 bits per heavy atom. The first kappa shape index (κ1) is 15.0. The van der Waals surface area contributed by atoms with Gasteiger partial charge in [0.15, 0.2) is 0 Å². The van der Waals surface area contributed by atoms with Crippen molar-refractivity contribution in [2.45, 2.75) is 17.6 Å². The SMILES string of the molecule is COc1ccc(CCNS(=O)(=O)c2cccs2)cc1C. The molecule has 108 valence electrons. The third kappa shape index (κ3) is 3.59. The first-order chi connectivity index (χ1) is 9.53. The second-order valence-corrected chi connectivity index (χ2v) is 7.33. The molecule has 2 aromatic rings. The number of thiophene rings is 1. The summed E-state index contributed by atoms with van der Waals surface area (Å²) in [5.74, 6) is 0.841. The van der Waals surface area contributed by atoms with E-state index in [2.05, 4.69) is 4.72 Å². The summed E-state index contributed by atoms with van der Waals surface area (Å²) in [6, 6.07) is 9.19. The van der Waals surface area contributed by atoms with E-state index in [0.29, 0.717) is 17.2 Å². The van der Waals surface area contributed by atoms with E-state index in [1.807, 2.05) is 25.1 Å². The minimum atomic E-state index is -3.37. The lowest BCUT2D eigenvalue weighted by atomic mass is 10.1. The van der Waals surface area contributed by atoms with Crippen LogP contribution in [-0.4, -0.2) is 22.1 Å². The molecule has 1 aromatic carbocycles. The van der Waals surface area contributed by atoms with Gasteiger partial charge in [-0.05, 0) is 42.0 Å². The molecule has 1 N–H and O–H groups in total. The number of aryl methyl sites for hydroxylation is 1. The van der Waals surface area contributed by atoms with Crippen molar-refractivity contribution >= 4 is 21.4 Å². The number of methoxy groups -OCH3 is 1. The zero-order chi connectivity index (χ0) is 14.6. The Morgan fingerprint density at radius 3 is 2.70 bits per heavy atom. The molecule has 0 unspecified atom stereocenters. The molecule has 1 heterocycles. The van der Waals surface area contributed by atoms with Crippen molar-refractivity contribution in [3.63, 3.8) is 0 Å². The molecule has 0 spiro atoms. The molecule has 0 fully saturated rings. The van der Waals surface area contributed by atoms with Crippen molar-refractivity contribution in [1.29, 1.82) is 0 Å². The van der Waals surface area contributed by atoms with Gasteiger partial charge in [-0.15, -0.1) is 11.3 Å². The molecule has 20 heavy (non-hydrogen) atoms. The predicted octanol–water partition coefficient (Wildman–Crippen LogP) is 2.59. The van der Waals surface area contributed by atoms with Crippen molar-refractivity contribution in [2.75, 3.05) is 13.7 Å². The highest BCUT2D eigenvalue weighted by Gasteiger charge is 2.13. The van der Waals surface area contributed by atoms with Gasteiger partial charge in [0, 0.05) is 6.54 Å². The van der Waals surface area contributed by atoms with E-state index in [-0.39, 0.29) is 0 Å². The normalized spacial score (nSPS) is 11.5. The van der Waals surface area contributed by atoms with Crippen LogP contribution in [0.5, 0.6) is 5.75 Å². The second kappa shape index (κ2) is 6.39. The smallest absolute Gasteiger partial charge is 0.250 e. The summed E-state index contributed by atoms with van der Waals surface area (Å²) in [5, 5.41) is 1.75. The number of benzene rings is 1. The van der Waals surface area contributed by atoms with Crippen LogP contribution in [0.2, 0.25) is 0 Å². The maximum Gasteiger partial charge on any atom is 0.250 e. The minimum Gasteiger partial charge on any atom is -0.496 e. The monoisotopic (exact) mass is 311 g/mol. The number of rotatable bonds is 6. The van der Waals surface area contributed by atoms with Gasteiger partial charge in [0.1, 0.15) is 9.96 Å². The Morgan fingerprint density at radius 1 is 1.30 bits per heavy atom. The van der Waals surface area contributed by atoms with Crippen LogP contribution >= 0.6 is 11.3 Å². The highest BCUT2D eigenvalue weighted by molar-refractivity contribution is 7.91. The fraction of sp³-hybridized carbons (Fsp3) is 0.286. The lowest BCUT2D eigenvalue weighted by molar-refractivity contribution is 0.411. The summed E-state index contributed by atoms with van der Waals surface area (Å²) in [5.41, 5.74) is 2.13. The maximum absolute atomic E-state index is 11.9. The number of ether oxygens (including phenoxy) is 1. The maximum atomic E-state index is 11.9. The molecule has 0 saturated carbocycles. The molecule has 0 saturated heterocycles. The lowest BCUT2D eigenvalue weighted by Crippen LogP contribution is -2.25. The summed E-state index contributed by atoms with van der Waals surface area (Å²) in [6.45, 7) is 2.35. The molecule has 6 heteroatoms. The standard InChI is InChI=1S/C14H17NO3S2/c1-11-10-12(5-6-13(11)18-2)7-8-15-20(16,17)14-4-3-9-19-14/h3-6,9-10,15H,7-8H2,1-2H3. The molecule has 0 aliphatic heterocycles. The predicted molar refractivity (Wildman–Crippen MR) is 80.9 cm³/mol. The van der Waals surface area contributed by atoms with Crippen molar-refractivity contribution < 1.29 is 13.2 Å². The van der Waals surface area contributed by atoms with E-state index in [1.165, 1.54) is 11.3 Å². The minimum absolute atomic E-state index is 0.350. The molecule has 2 rings (SSSR count). The largest absolute Gasteiger partial charge is 0.496 e. The average molecular weight is 311 g/mol. The fourth-order valence-electron chi connectivity index (χ4n) is 1.91. The van der Waals surface area contributed by atoms with Crippen LogP contribution in [0.3, 0.4) is 0 Å². The van der Waals surface area contributed by atoms with Crippen LogP contribution in [0.15, 0.2) is 39.9 Å². The van der Waals surface area contributed by atoms with Gasteiger partial charge < -0.3 is 4.74 Å². The number of hydrogen-bond donors (Lipinski definition) is 1. The summed E-state index contributed by atoms with van der Waals surface area (Å²) in [7, 11) is -1.73. The van der Waals surface area contributed by atoms with Gasteiger partial charge in [-0.25, -0.2) is 13.1 Å². The zero-order valence-electron chi connectivity index (χ0n) is 11.4. The van der Waals surface area contributed by atoms with Crippen LogP contribution in [-0.2, 0) is 16.4 Å². The Labute approximate surface area is 123 Å². The molecular formula is C14H17NO3S2. The van der Waals surface area contributed by atoms with Crippen molar-refractivity contribution in [3.05, 3.63) is 46.8 Å². The van der Waals surface area contributed by atoms with Gasteiger partial charge in [-0.3, -0.25) is 0 Å². The van der Waals surface area contributed by atoms with Gasteiger partial charge in [0.2, 0.25) is 10.0 Å². The number of sulfonamides is 1. The van der Waals surface area contributed by atoms with E-state index >= 15 is 0 Å². The number of nitrogens with one attached hydrogen (secondary N) is 1. The van der Waals surface area contributed by atoms with E-state index in [4.69, 9.17) is 4.74 Å². The van der Waals surface area contributed by atoms with Gasteiger partial charge in [-0.1, -0.05) is 18.2 Å². The molecule has 0 aliphatic rings. The van der Waals surface area contributed by atoms with Crippen LogP contribution in [0.1, 0.15) is 11.1 Å². The summed E-state index contributed by atoms with van der Waals surface area (Å²) in [4.78, 5) is 0. The topological polar surface area (TPSA) is 55.4 Å². The van der Waals surface area contributed by atoms with E-state index in [0.717, 1.165) is 16.9 Å². The van der Waals surface area contributed by atoms with E-state index in [9.17, 15) is 8.42 Å². The van der Waals surface area contributed by atoms with Gasteiger partial charge in [0.25, 0.3) is 0 Å². The molecule has 0 atom stereocenters. The summed E-state index contributed by atoms with van der Waals surface area (Å²) >= 11 is 1.22. The Hall–Kier alpha value is -1.37. The highest BCUT2D eigenvalue weighted by atomic mass is 32.2. The van der Waals surface area contributed by atoms with E-state index in [1.54, 1.807) is 24.6 Å². The molecule has 0 amide bonds. The Kier molecular flexibility index (Phi) is 4.80. The zero-order valence-corrected chi connectivity index (χ0v) is 13.1. The molecule has 0 aliphatic carbocycles. The average Bonchev–Trinajstić information content (AvgIpc) is 2.93. The molecule has 0 radical (unpaired) electrons. The van der Waals surface area contributed by atoms with Crippen molar-refractivity contribution in [1.82, 2.24) is 4.72 Å². The van der Waals surface area contributed by atoms with Crippen LogP contribution < -0.4 is 9.46 Å². The van der Waals surface area contributed by atoms with Crippen LogP contribution in [0.4, 0.5) is 0 Å². The van der Waals surface area contributed by atoms with Crippen molar-refractivity contribution in [3.8, 4) is 5.75 Å². The first-order valence-corrected chi connectivity index (χ1v) is 8.56. The Balaban J connectivity index is 1.95.